The number of benzene rings is 2. The minimum absolute atomic E-state index is 0.341. The molecule has 3 rings (SSSR count). The van der Waals surface area contributed by atoms with Crippen molar-refractivity contribution in [3.8, 4) is 17.1 Å². The number of carbonyl (C=O) groups excluding carboxylic acids is 1. The van der Waals surface area contributed by atoms with Gasteiger partial charge in [0.15, 0.2) is 11.0 Å². The Hall–Kier alpha value is -3.06. The Bertz CT molecular complexity index is 967. The Kier molecular flexibility index (Phi) is 6.49. The molecule has 3 aromatic rings. The first-order valence-electron chi connectivity index (χ1n) is 8.65. The van der Waals surface area contributed by atoms with Gasteiger partial charge in [-0.2, -0.15) is 0 Å². The van der Waals surface area contributed by atoms with Gasteiger partial charge >= 0.3 is 5.97 Å². The third-order valence-corrected chi connectivity index (χ3v) is 5.16. The summed E-state index contributed by atoms with van der Waals surface area (Å²) in [7, 11) is 3.01. The van der Waals surface area contributed by atoms with Crippen LogP contribution < -0.4 is 4.74 Å². The number of rotatable bonds is 8. The molecule has 28 heavy (non-hydrogen) atoms. The molecule has 0 aliphatic heterocycles. The molecule has 2 aromatic carbocycles. The van der Waals surface area contributed by atoms with Crippen molar-refractivity contribution >= 4 is 17.7 Å². The van der Waals surface area contributed by atoms with Crippen molar-refractivity contribution in [1.29, 1.82) is 0 Å². The molecule has 6 nitrogen and oxygen atoms in total. The number of esters is 1. The van der Waals surface area contributed by atoms with Gasteiger partial charge in [0.2, 0.25) is 0 Å². The van der Waals surface area contributed by atoms with E-state index in [0.29, 0.717) is 17.9 Å². The van der Waals surface area contributed by atoms with Gasteiger partial charge in [-0.05, 0) is 29.8 Å². The first kappa shape index (κ1) is 19.7. The van der Waals surface area contributed by atoms with E-state index < -0.39 is 0 Å². The summed E-state index contributed by atoms with van der Waals surface area (Å²) in [6.07, 6.45) is 1.82. The van der Waals surface area contributed by atoms with E-state index in [0.717, 1.165) is 27.9 Å². The molecule has 0 unspecified atom stereocenters. The summed E-state index contributed by atoms with van der Waals surface area (Å²) < 4.78 is 12.2. The van der Waals surface area contributed by atoms with Crippen LogP contribution in [0.15, 0.2) is 66.3 Å². The molecule has 0 aliphatic rings. The van der Waals surface area contributed by atoms with Crippen LogP contribution in [-0.2, 0) is 17.0 Å². The molecule has 0 saturated heterocycles. The van der Waals surface area contributed by atoms with Crippen molar-refractivity contribution in [2.24, 2.45) is 0 Å². The maximum Gasteiger partial charge on any atom is 0.337 e. The quantitative estimate of drug-likeness (QED) is 0.323. The third kappa shape index (κ3) is 4.26. The summed E-state index contributed by atoms with van der Waals surface area (Å²) in [6.45, 7) is 4.43. The van der Waals surface area contributed by atoms with Crippen LogP contribution in [0.5, 0.6) is 5.75 Å². The zero-order valence-corrected chi connectivity index (χ0v) is 16.6. The van der Waals surface area contributed by atoms with E-state index in [1.807, 2.05) is 47.0 Å². The second kappa shape index (κ2) is 9.23. The Morgan fingerprint density at radius 3 is 2.57 bits per heavy atom. The lowest BCUT2D eigenvalue weighted by molar-refractivity contribution is 0.0600. The zero-order chi connectivity index (χ0) is 19.9. The molecule has 0 N–H and O–H groups in total. The summed E-state index contributed by atoms with van der Waals surface area (Å²) in [5, 5.41) is 9.53. The molecule has 0 saturated carbocycles. The van der Waals surface area contributed by atoms with Crippen molar-refractivity contribution in [3.63, 3.8) is 0 Å². The highest BCUT2D eigenvalue weighted by Crippen LogP contribution is 2.31. The van der Waals surface area contributed by atoms with Gasteiger partial charge in [-0.25, -0.2) is 4.79 Å². The highest BCUT2D eigenvalue weighted by molar-refractivity contribution is 7.98. The summed E-state index contributed by atoms with van der Waals surface area (Å²) in [5.41, 5.74) is 2.49. The van der Waals surface area contributed by atoms with Crippen LogP contribution in [0.3, 0.4) is 0 Å². The van der Waals surface area contributed by atoms with E-state index in [2.05, 4.69) is 16.8 Å². The number of ether oxygens (including phenoxy) is 2. The smallest absolute Gasteiger partial charge is 0.337 e. The Balaban J connectivity index is 1.82. The van der Waals surface area contributed by atoms with Gasteiger partial charge in [0, 0.05) is 12.3 Å². The molecule has 0 aliphatic carbocycles. The van der Waals surface area contributed by atoms with E-state index in [4.69, 9.17) is 9.47 Å². The topological polar surface area (TPSA) is 66.2 Å². The molecule has 1 heterocycles. The van der Waals surface area contributed by atoms with Crippen LogP contribution in [0.25, 0.3) is 11.4 Å². The molecule has 0 fully saturated rings. The molecule has 7 heteroatoms. The second-order valence-electron chi connectivity index (χ2n) is 5.88. The fourth-order valence-corrected chi connectivity index (χ4v) is 3.62. The average molecular weight is 395 g/mol. The highest BCUT2D eigenvalue weighted by Gasteiger charge is 2.16. The molecule has 1 aromatic heterocycles. The van der Waals surface area contributed by atoms with Gasteiger partial charge < -0.3 is 9.47 Å². The number of nitrogens with zero attached hydrogens (tertiary/aromatic N) is 3. The Labute approximate surface area is 168 Å². The Morgan fingerprint density at radius 1 is 1.14 bits per heavy atom. The van der Waals surface area contributed by atoms with Gasteiger partial charge in [-0.3, -0.25) is 4.57 Å². The maximum absolute atomic E-state index is 11.5. The number of allylic oxidation sites excluding steroid dienone is 1. The predicted molar refractivity (Wildman–Crippen MR) is 110 cm³/mol. The predicted octanol–water partition coefficient (Wildman–Crippen LogP) is 4.22. The lowest BCUT2D eigenvalue weighted by Gasteiger charge is -2.10. The van der Waals surface area contributed by atoms with E-state index in [-0.39, 0.29) is 5.97 Å². The number of para-hydroxylation sites is 1. The first-order chi connectivity index (χ1) is 13.7. The summed E-state index contributed by atoms with van der Waals surface area (Å²) in [4.78, 5) is 11.5. The van der Waals surface area contributed by atoms with Gasteiger partial charge in [-0.1, -0.05) is 42.1 Å². The zero-order valence-electron chi connectivity index (χ0n) is 15.8. The van der Waals surface area contributed by atoms with Gasteiger partial charge in [0.25, 0.3) is 0 Å². The second-order valence-corrected chi connectivity index (χ2v) is 6.83. The van der Waals surface area contributed by atoms with Gasteiger partial charge in [0.1, 0.15) is 5.75 Å². The average Bonchev–Trinajstić information content (AvgIpc) is 3.14. The standard InChI is InChI=1S/C21H21N3O3S/c1-4-13-24-19(17-7-5-6-8-18(17)26-2)22-23-21(24)28-14-15-9-11-16(12-10-15)20(25)27-3/h4-12H,1,13-14H2,2-3H3. The molecule has 0 bridgehead atoms. The van der Waals surface area contributed by atoms with Gasteiger partial charge in [0.05, 0.1) is 25.3 Å². The third-order valence-electron chi connectivity index (χ3n) is 4.12. The minimum Gasteiger partial charge on any atom is -0.496 e. The van der Waals surface area contributed by atoms with E-state index in [1.165, 1.54) is 7.11 Å². The maximum atomic E-state index is 11.5. The fourth-order valence-electron chi connectivity index (χ4n) is 2.72. The van der Waals surface area contributed by atoms with E-state index in [1.54, 1.807) is 31.0 Å². The molecular formula is C21H21N3O3S. The number of hydrogen-bond donors (Lipinski definition) is 0. The van der Waals surface area contributed by atoms with Crippen molar-refractivity contribution in [1.82, 2.24) is 14.8 Å². The summed E-state index contributed by atoms with van der Waals surface area (Å²) in [5.74, 6) is 1.84. The van der Waals surface area contributed by atoms with Gasteiger partial charge in [-0.15, -0.1) is 16.8 Å². The number of methoxy groups -OCH3 is 2. The Morgan fingerprint density at radius 2 is 1.89 bits per heavy atom. The van der Waals surface area contributed by atoms with Crippen molar-refractivity contribution < 1.29 is 14.3 Å². The fraction of sp³-hybridized carbons (Fsp3) is 0.190. The minimum atomic E-state index is -0.341. The normalized spacial score (nSPS) is 10.5. The molecular weight excluding hydrogens is 374 g/mol. The molecule has 0 atom stereocenters. The molecule has 0 amide bonds. The molecule has 0 spiro atoms. The van der Waals surface area contributed by atoms with Crippen molar-refractivity contribution in [3.05, 3.63) is 72.3 Å². The van der Waals surface area contributed by atoms with Crippen LogP contribution in [-0.4, -0.2) is 35.0 Å². The largest absolute Gasteiger partial charge is 0.496 e. The van der Waals surface area contributed by atoms with E-state index >= 15 is 0 Å². The van der Waals surface area contributed by atoms with Crippen molar-refractivity contribution in [2.45, 2.75) is 17.5 Å². The lowest BCUT2D eigenvalue weighted by atomic mass is 10.1. The number of hydrogen-bond acceptors (Lipinski definition) is 6. The van der Waals surface area contributed by atoms with Crippen LogP contribution in [0, 0.1) is 0 Å². The molecule has 0 radical (unpaired) electrons. The number of thioether (sulfide) groups is 1. The summed E-state index contributed by atoms with van der Waals surface area (Å²) >= 11 is 1.57. The number of carbonyl (C=O) groups is 1. The molecule has 144 valence electrons. The van der Waals surface area contributed by atoms with Crippen molar-refractivity contribution in [2.75, 3.05) is 14.2 Å². The first-order valence-corrected chi connectivity index (χ1v) is 9.64. The van der Waals surface area contributed by atoms with Crippen LogP contribution >= 0.6 is 11.8 Å². The van der Waals surface area contributed by atoms with E-state index in [9.17, 15) is 4.79 Å². The van der Waals surface area contributed by atoms with Crippen LogP contribution in [0.2, 0.25) is 0 Å². The highest BCUT2D eigenvalue weighted by atomic mass is 32.2. The van der Waals surface area contributed by atoms with Crippen LogP contribution in [0.1, 0.15) is 15.9 Å². The summed E-state index contributed by atoms with van der Waals surface area (Å²) in [6, 6.07) is 15.1. The van der Waals surface area contributed by atoms with Crippen LogP contribution in [0.4, 0.5) is 0 Å². The lowest BCUT2D eigenvalue weighted by Crippen LogP contribution is -2.02. The monoisotopic (exact) mass is 395 g/mol. The number of aromatic nitrogens is 3. The SMILES string of the molecule is C=CCn1c(SCc2ccc(C(=O)OC)cc2)nnc1-c1ccccc1OC.